The van der Waals surface area contributed by atoms with Gasteiger partial charge in [0.15, 0.2) is 11.5 Å². The van der Waals surface area contributed by atoms with E-state index in [0.29, 0.717) is 37.8 Å². The fraction of sp³-hybridized carbons (Fsp3) is 0.444. The minimum absolute atomic E-state index is 0.0152. The van der Waals surface area contributed by atoms with Crippen molar-refractivity contribution in [3.63, 3.8) is 0 Å². The summed E-state index contributed by atoms with van der Waals surface area (Å²) < 4.78 is 38.9. The van der Waals surface area contributed by atoms with Crippen molar-refractivity contribution in [1.29, 1.82) is 0 Å². The molecule has 2 aliphatic rings. The van der Waals surface area contributed by atoms with Crippen LogP contribution < -0.4 is 9.47 Å². The van der Waals surface area contributed by atoms with Crippen LogP contribution in [0.2, 0.25) is 0 Å². The Hall–Kier alpha value is -1.61. The first kappa shape index (κ1) is 17.8. The van der Waals surface area contributed by atoms with E-state index >= 15 is 0 Å². The topological polar surface area (TPSA) is 76.1 Å². The highest BCUT2D eigenvalue weighted by atomic mass is 32.2. The Morgan fingerprint density at radius 2 is 1.96 bits per heavy atom. The molecule has 0 unspecified atom stereocenters. The van der Waals surface area contributed by atoms with Crippen LogP contribution in [0.5, 0.6) is 11.5 Å². The van der Waals surface area contributed by atoms with Crippen molar-refractivity contribution in [2.75, 3.05) is 32.9 Å². The van der Waals surface area contributed by atoms with Crippen LogP contribution in [0.3, 0.4) is 0 Å². The highest BCUT2D eigenvalue weighted by Gasteiger charge is 2.40. The molecule has 8 heteroatoms. The molecule has 2 aliphatic heterocycles. The van der Waals surface area contributed by atoms with Gasteiger partial charge in [-0.05, 0) is 34.5 Å². The average Bonchev–Trinajstić information content (AvgIpc) is 3.26. The number of hydrogen-bond donors (Lipinski definition) is 1. The van der Waals surface area contributed by atoms with E-state index in [4.69, 9.17) is 9.47 Å². The summed E-state index contributed by atoms with van der Waals surface area (Å²) in [6.07, 6.45) is 0.767. The van der Waals surface area contributed by atoms with Crippen LogP contribution in [-0.4, -0.2) is 50.7 Å². The summed E-state index contributed by atoms with van der Waals surface area (Å²) >= 11 is 1.58. The second-order valence-electron chi connectivity index (χ2n) is 6.59. The molecule has 1 fully saturated rings. The van der Waals surface area contributed by atoms with E-state index in [1.807, 2.05) is 16.8 Å². The van der Waals surface area contributed by atoms with E-state index in [0.717, 1.165) is 12.0 Å². The van der Waals surface area contributed by atoms with Gasteiger partial charge in [0.25, 0.3) is 0 Å². The van der Waals surface area contributed by atoms with Crippen LogP contribution in [0.25, 0.3) is 0 Å². The van der Waals surface area contributed by atoms with Crippen LogP contribution in [0.15, 0.2) is 39.9 Å². The second kappa shape index (κ2) is 7.19. The number of nitrogens with zero attached hydrogens (tertiary/aromatic N) is 1. The third-order valence-electron chi connectivity index (χ3n) is 4.97. The molecule has 1 aromatic carbocycles. The monoisotopic (exact) mass is 395 g/mol. The first-order chi connectivity index (χ1) is 12.6. The smallest absolute Gasteiger partial charge is 0.243 e. The molecule has 1 aromatic heterocycles. The van der Waals surface area contributed by atoms with Gasteiger partial charge in [-0.2, -0.15) is 15.6 Å². The highest BCUT2D eigenvalue weighted by Crippen LogP contribution is 2.38. The van der Waals surface area contributed by atoms with Crippen LogP contribution in [0, 0.1) is 5.92 Å². The molecule has 0 spiro atoms. The van der Waals surface area contributed by atoms with Gasteiger partial charge in [-0.25, -0.2) is 8.42 Å². The number of thiophene rings is 1. The quantitative estimate of drug-likeness (QED) is 0.860. The van der Waals surface area contributed by atoms with Crippen LogP contribution in [0.4, 0.5) is 0 Å². The summed E-state index contributed by atoms with van der Waals surface area (Å²) in [5.41, 5.74) is 1.09. The van der Waals surface area contributed by atoms with Crippen LogP contribution in [0.1, 0.15) is 17.9 Å². The second-order valence-corrected chi connectivity index (χ2v) is 9.30. The molecular formula is C18H21NO5S2. The van der Waals surface area contributed by atoms with E-state index < -0.39 is 10.0 Å². The fourth-order valence-electron chi connectivity index (χ4n) is 3.53. The Bertz CT molecular complexity index is 866. The summed E-state index contributed by atoms with van der Waals surface area (Å²) in [5, 5.41) is 13.7. The zero-order chi connectivity index (χ0) is 18.1. The van der Waals surface area contributed by atoms with Gasteiger partial charge in [-0.1, -0.05) is 0 Å². The van der Waals surface area contributed by atoms with Crippen molar-refractivity contribution >= 4 is 21.4 Å². The number of aliphatic hydroxyl groups excluding tert-OH is 1. The Kier molecular flexibility index (Phi) is 4.92. The fourth-order valence-corrected chi connectivity index (χ4v) is 5.79. The van der Waals surface area contributed by atoms with Crippen molar-refractivity contribution in [2.24, 2.45) is 5.92 Å². The Balaban J connectivity index is 1.62. The van der Waals surface area contributed by atoms with E-state index in [1.165, 1.54) is 4.31 Å². The highest BCUT2D eigenvalue weighted by molar-refractivity contribution is 7.89. The Labute approximate surface area is 157 Å². The first-order valence-corrected chi connectivity index (χ1v) is 11.0. The van der Waals surface area contributed by atoms with Crippen LogP contribution >= 0.6 is 11.3 Å². The number of hydrogen-bond acceptors (Lipinski definition) is 6. The van der Waals surface area contributed by atoms with E-state index in [2.05, 4.69) is 0 Å². The van der Waals surface area contributed by atoms with Crippen molar-refractivity contribution in [3.8, 4) is 11.5 Å². The standard InChI is InChI=1S/C18H21NO5S2/c20-11-14-9-19(10-16(14)13-4-7-25-12-13)26(21,22)15-2-3-17-18(8-15)24-6-1-5-23-17/h2-4,7-8,12,14,16,20H,1,5-6,9-11H2/t14-,16-/m0/s1. The van der Waals surface area contributed by atoms with Crippen molar-refractivity contribution in [3.05, 3.63) is 40.6 Å². The molecule has 0 radical (unpaired) electrons. The molecule has 1 saturated heterocycles. The van der Waals surface area contributed by atoms with E-state index in [1.54, 1.807) is 29.5 Å². The SMILES string of the molecule is O=S(=O)(c1ccc2c(c1)OCCCO2)N1C[C@@H](CO)[C@H](c2ccsc2)C1. The number of rotatable bonds is 4. The maximum atomic E-state index is 13.1. The lowest BCUT2D eigenvalue weighted by molar-refractivity contribution is 0.223. The number of fused-ring (bicyclic) bond motifs is 1. The molecule has 0 bridgehead atoms. The van der Waals surface area contributed by atoms with E-state index in [9.17, 15) is 13.5 Å². The lowest BCUT2D eigenvalue weighted by Gasteiger charge is -2.17. The lowest BCUT2D eigenvalue weighted by Crippen LogP contribution is -2.29. The van der Waals surface area contributed by atoms with Gasteiger partial charge < -0.3 is 14.6 Å². The summed E-state index contributed by atoms with van der Waals surface area (Å²) in [6.45, 7) is 1.72. The van der Waals surface area contributed by atoms with E-state index in [-0.39, 0.29) is 23.3 Å². The minimum atomic E-state index is -3.66. The largest absolute Gasteiger partial charge is 0.490 e. The Morgan fingerprint density at radius 3 is 2.69 bits per heavy atom. The number of sulfonamides is 1. The van der Waals surface area contributed by atoms with Gasteiger partial charge in [0, 0.05) is 44.0 Å². The molecule has 0 saturated carbocycles. The number of aliphatic hydroxyl groups is 1. The zero-order valence-electron chi connectivity index (χ0n) is 14.2. The molecule has 4 rings (SSSR count). The summed E-state index contributed by atoms with van der Waals surface area (Å²) in [6, 6.07) is 6.77. The van der Waals surface area contributed by atoms with Gasteiger partial charge in [0.1, 0.15) is 0 Å². The molecule has 26 heavy (non-hydrogen) atoms. The predicted octanol–water partition coefficient (Wildman–Crippen LogP) is 2.31. The number of ether oxygens (including phenoxy) is 2. The normalized spacial score (nSPS) is 23.7. The summed E-state index contributed by atoms with van der Waals surface area (Å²) in [7, 11) is -3.66. The minimum Gasteiger partial charge on any atom is -0.490 e. The van der Waals surface area contributed by atoms with Crippen molar-refractivity contribution in [2.45, 2.75) is 17.2 Å². The molecule has 0 aliphatic carbocycles. The van der Waals surface area contributed by atoms with Gasteiger partial charge >= 0.3 is 0 Å². The van der Waals surface area contributed by atoms with Gasteiger partial charge in [-0.3, -0.25) is 0 Å². The maximum absolute atomic E-state index is 13.1. The lowest BCUT2D eigenvalue weighted by atomic mass is 9.92. The third kappa shape index (κ3) is 3.22. The summed E-state index contributed by atoms with van der Waals surface area (Å²) in [5.74, 6) is 0.962. The molecule has 140 valence electrons. The average molecular weight is 396 g/mol. The van der Waals surface area contributed by atoms with Gasteiger partial charge in [0.05, 0.1) is 18.1 Å². The molecule has 1 N–H and O–H groups in total. The summed E-state index contributed by atoms with van der Waals surface area (Å²) in [4.78, 5) is 0.199. The number of benzene rings is 1. The first-order valence-electron chi connectivity index (χ1n) is 8.62. The molecular weight excluding hydrogens is 374 g/mol. The maximum Gasteiger partial charge on any atom is 0.243 e. The zero-order valence-corrected chi connectivity index (χ0v) is 15.8. The molecule has 2 atom stereocenters. The van der Waals surface area contributed by atoms with Gasteiger partial charge in [0.2, 0.25) is 10.0 Å². The molecule has 3 heterocycles. The van der Waals surface area contributed by atoms with Crippen molar-refractivity contribution < 1.29 is 23.0 Å². The molecule has 6 nitrogen and oxygen atoms in total. The predicted molar refractivity (Wildman–Crippen MR) is 98.4 cm³/mol. The van der Waals surface area contributed by atoms with Gasteiger partial charge in [-0.15, -0.1) is 0 Å². The van der Waals surface area contributed by atoms with Crippen LogP contribution in [-0.2, 0) is 10.0 Å². The third-order valence-corrected chi connectivity index (χ3v) is 7.50. The van der Waals surface area contributed by atoms with Crippen molar-refractivity contribution in [1.82, 2.24) is 4.31 Å². The molecule has 2 aromatic rings. The Morgan fingerprint density at radius 1 is 1.15 bits per heavy atom. The molecule has 0 amide bonds.